The van der Waals surface area contributed by atoms with Gasteiger partial charge in [0.1, 0.15) is 18.0 Å². The molecule has 0 saturated carbocycles. The number of rotatable bonds is 4. The molecule has 0 atom stereocenters. The lowest BCUT2D eigenvalue weighted by Crippen LogP contribution is -2.25. The highest BCUT2D eigenvalue weighted by Gasteiger charge is 2.51. The van der Waals surface area contributed by atoms with Crippen molar-refractivity contribution >= 4 is 5.82 Å². The molecule has 10 rings (SSSR count). The third-order valence-electron chi connectivity index (χ3n) is 10.9. The highest BCUT2D eigenvalue weighted by atomic mass is 14.8. The molecule has 2 heterocycles. The molecule has 0 unspecified atom stereocenters. The smallest absolute Gasteiger partial charge is 0.270 e. The van der Waals surface area contributed by atoms with Crippen LogP contribution in [-0.2, 0) is 5.41 Å². The Bertz CT molecular complexity index is 2660. The Morgan fingerprint density at radius 1 is 0.434 bits per heavy atom. The van der Waals surface area contributed by atoms with Gasteiger partial charge in [0.15, 0.2) is 0 Å². The van der Waals surface area contributed by atoms with Crippen LogP contribution >= 0.6 is 0 Å². The van der Waals surface area contributed by atoms with Crippen molar-refractivity contribution < 1.29 is 0 Å². The summed E-state index contributed by atoms with van der Waals surface area (Å²) in [6.45, 7) is 7.37. The van der Waals surface area contributed by atoms with Crippen LogP contribution in [-0.4, -0.2) is 9.97 Å². The van der Waals surface area contributed by atoms with Crippen LogP contribution in [0.3, 0.4) is 0 Å². The van der Waals surface area contributed by atoms with Gasteiger partial charge < -0.3 is 4.85 Å². The number of aromatic nitrogens is 2. The van der Waals surface area contributed by atoms with E-state index in [1.54, 1.807) is 12.4 Å². The molecule has 53 heavy (non-hydrogen) atoms. The average molecular weight is 673 g/mol. The van der Waals surface area contributed by atoms with E-state index in [0.29, 0.717) is 11.5 Å². The first-order valence-corrected chi connectivity index (χ1v) is 17.6. The van der Waals surface area contributed by atoms with Gasteiger partial charge in [-0.1, -0.05) is 128 Å². The molecule has 2 aliphatic rings. The molecule has 4 heteroatoms. The molecule has 8 aromatic rings. The fourth-order valence-corrected chi connectivity index (χ4v) is 8.55. The maximum Gasteiger partial charge on any atom is 0.270 e. The number of fused-ring (bicyclic) bond motifs is 10. The number of hydrogen-bond acceptors (Lipinski definition) is 3. The molecule has 0 radical (unpaired) electrons. The Balaban J connectivity index is 1.13. The molecule has 2 aliphatic carbocycles. The minimum atomic E-state index is -0.426. The van der Waals surface area contributed by atoms with E-state index in [1.165, 1.54) is 44.5 Å². The molecular formula is C49H28N4. The summed E-state index contributed by atoms with van der Waals surface area (Å²) in [6, 6.07) is 58.6. The molecule has 4 nitrogen and oxygen atoms in total. The molecule has 244 valence electrons. The summed E-state index contributed by atoms with van der Waals surface area (Å²) in [5.41, 5.74) is 18.9. The molecule has 2 aromatic heterocycles. The van der Waals surface area contributed by atoms with Crippen molar-refractivity contribution in [2.24, 2.45) is 0 Å². The normalized spacial score (nSPS) is 12.6. The van der Waals surface area contributed by atoms with Crippen molar-refractivity contribution in [3.05, 3.63) is 209 Å². The fraction of sp³-hybridized carbons (Fsp3) is 0.0204. The Hall–Kier alpha value is -7.40. The van der Waals surface area contributed by atoms with Gasteiger partial charge >= 0.3 is 0 Å². The van der Waals surface area contributed by atoms with Crippen LogP contribution in [0.1, 0.15) is 27.9 Å². The molecule has 0 fully saturated rings. The molecule has 0 N–H and O–H groups in total. The standard InChI is InChI=1S/C49H28N4/c1-51-48-29-38(23-25-53-48)34-16-12-32(13-17-34)36-19-21-47-43(28-36)42-27-35(31-10-14-33(15-11-31)37-22-24-52-39(26-37)30-50)18-20-46(42)49(47)44-8-4-2-6-40(44)41-7-3-5-9-45(41)49/h2-29H. The number of pyridine rings is 2. The van der Waals surface area contributed by atoms with Crippen LogP contribution in [0.15, 0.2) is 170 Å². The second kappa shape index (κ2) is 11.8. The van der Waals surface area contributed by atoms with E-state index in [9.17, 15) is 5.26 Å². The van der Waals surface area contributed by atoms with Crippen molar-refractivity contribution in [1.29, 1.82) is 5.26 Å². The van der Waals surface area contributed by atoms with Gasteiger partial charge in [0.2, 0.25) is 0 Å². The number of nitriles is 1. The summed E-state index contributed by atoms with van der Waals surface area (Å²) >= 11 is 0. The summed E-state index contributed by atoms with van der Waals surface area (Å²) in [6.07, 6.45) is 3.38. The van der Waals surface area contributed by atoms with Gasteiger partial charge in [-0.25, -0.2) is 4.98 Å². The lowest BCUT2D eigenvalue weighted by Gasteiger charge is -2.30. The Morgan fingerprint density at radius 2 is 0.849 bits per heavy atom. The maximum absolute atomic E-state index is 9.36. The quantitative estimate of drug-likeness (QED) is 0.175. The van der Waals surface area contributed by atoms with E-state index in [1.807, 2.05) is 24.3 Å². The van der Waals surface area contributed by atoms with E-state index in [2.05, 4.69) is 154 Å². The molecule has 0 bridgehead atoms. The molecule has 6 aromatic carbocycles. The first-order valence-electron chi connectivity index (χ1n) is 17.6. The van der Waals surface area contributed by atoms with Crippen molar-refractivity contribution in [3.63, 3.8) is 0 Å². The van der Waals surface area contributed by atoms with Gasteiger partial charge in [0.25, 0.3) is 5.82 Å². The Morgan fingerprint density at radius 3 is 1.34 bits per heavy atom. The SMILES string of the molecule is [C-]#[N+]c1cc(-c2ccc(-c3ccc4c(c3)-c3cc(-c5ccc(-c6ccnc(C#N)c6)cc5)ccc3C43c4ccccc4-c4ccccc43)cc2)ccn1. The molecule has 1 spiro atoms. The van der Waals surface area contributed by atoms with Gasteiger partial charge in [-0.05, 0) is 125 Å². The van der Waals surface area contributed by atoms with E-state index in [0.717, 1.165) is 44.5 Å². The first kappa shape index (κ1) is 30.4. The van der Waals surface area contributed by atoms with Crippen LogP contribution in [0, 0.1) is 17.9 Å². The molecule has 0 saturated heterocycles. The zero-order valence-electron chi connectivity index (χ0n) is 28.5. The van der Waals surface area contributed by atoms with Gasteiger partial charge in [-0.2, -0.15) is 5.26 Å². The lowest BCUT2D eigenvalue weighted by molar-refractivity contribution is 0.794. The van der Waals surface area contributed by atoms with E-state index < -0.39 is 5.41 Å². The fourth-order valence-electron chi connectivity index (χ4n) is 8.55. The largest absolute Gasteiger partial charge is 0.361 e. The lowest BCUT2D eigenvalue weighted by atomic mass is 9.70. The van der Waals surface area contributed by atoms with Gasteiger partial charge in [0.05, 0.1) is 5.41 Å². The van der Waals surface area contributed by atoms with E-state index in [-0.39, 0.29) is 0 Å². The zero-order chi connectivity index (χ0) is 35.5. The minimum absolute atomic E-state index is 0.395. The van der Waals surface area contributed by atoms with Crippen molar-refractivity contribution in [3.8, 4) is 72.8 Å². The number of benzene rings is 6. The summed E-state index contributed by atoms with van der Waals surface area (Å²) in [5.74, 6) is 0.395. The summed E-state index contributed by atoms with van der Waals surface area (Å²) < 4.78 is 0. The third kappa shape index (κ3) is 4.60. The molecular weight excluding hydrogens is 645 g/mol. The zero-order valence-corrected chi connectivity index (χ0v) is 28.5. The van der Waals surface area contributed by atoms with Crippen LogP contribution in [0.25, 0.3) is 71.6 Å². The third-order valence-corrected chi connectivity index (χ3v) is 10.9. The van der Waals surface area contributed by atoms with Crippen molar-refractivity contribution in [2.75, 3.05) is 0 Å². The summed E-state index contributed by atoms with van der Waals surface area (Å²) in [7, 11) is 0. The van der Waals surface area contributed by atoms with Crippen molar-refractivity contribution in [2.45, 2.75) is 5.41 Å². The van der Waals surface area contributed by atoms with Crippen molar-refractivity contribution in [1.82, 2.24) is 9.97 Å². The maximum atomic E-state index is 9.36. The second-order valence-electron chi connectivity index (χ2n) is 13.6. The topological polar surface area (TPSA) is 53.9 Å². The highest BCUT2D eigenvalue weighted by molar-refractivity contribution is 5.97. The van der Waals surface area contributed by atoms with Crippen LogP contribution in [0.4, 0.5) is 5.82 Å². The monoisotopic (exact) mass is 672 g/mol. The summed E-state index contributed by atoms with van der Waals surface area (Å²) in [5, 5.41) is 9.36. The predicted molar refractivity (Wildman–Crippen MR) is 211 cm³/mol. The number of nitrogens with zero attached hydrogens (tertiary/aromatic N) is 4. The van der Waals surface area contributed by atoms with Gasteiger partial charge in [0, 0.05) is 6.20 Å². The van der Waals surface area contributed by atoms with E-state index >= 15 is 0 Å². The predicted octanol–water partition coefficient (Wildman–Crippen LogP) is 11.9. The molecule has 0 amide bonds. The Kier molecular flexibility index (Phi) is 6.80. The van der Waals surface area contributed by atoms with Gasteiger partial charge in [-0.15, -0.1) is 4.98 Å². The first-order chi connectivity index (χ1) is 26.1. The minimum Gasteiger partial charge on any atom is -0.361 e. The summed E-state index contributed by atoms with van der Waals surface area (Å²) in [4.78, 5) is 11.8. The van der Waals surface area contributed by atoms with Crippen LogP contribution < -0.4 is 0 Å². The second-order valence-corrected chi connectivity index (χ2v) is 13.6. The van der Waals surface area contributed by atoms with E-state index in [4.69, 9.17) is 6.57 Å². The van der Waals surface area contributed by atoms with Gasteiger partial charge in [-0.3, -0.25) is 0 Å². The van der Waals surface area contributed by atoms with Crippen LogP contribution in [0.2, 0.25) is 0 Å². The highest BCUT2D eigenvalue weighted by Crippen LogP contribution is 2.63. The average Bonchev–Trinajstić information content (AvgIpc) is 3.70. The number of hydrogen-bond donors (Lipinski definition) is 0. The molecule has 0 aliphatic heterocycles. The Labute approximate surface area is 307 Å². The van der Waals surface area contributed by atoms with Crippen LogP contribution in [0.5, 0.6) is 0 Å².